The number of hydrogen-bond acceptors (Lipinski definition) is 3. The minimum atomic E-state index is -0.770. The number of aromatic nitrogens is 2. The molecule has 15 heavy (non-hydrogen) atoms. The maximum Gasteiger partial charge on any atom is 0.318 e. The largest absolute Gasteiger partial charge is 0.351 e. The van der Waals surface area contributed by atoms with Gasteiger partial charge in [-0.2, -0.15) is 0 Å². The van der Waals surface area contributed by atoms with Crippen molar-refractivity contribution in [3.8, 4) is 0 Å². The van der Waals surface area contributed by atoms with E-state index in [0.29, 0.717) is 10.9 Å². The van der Waals surface area contributed by atoms with Crippen molar-refractivity contribution in [1.29, 1.82) is 0 Å². The molecule has 0 aliphatic carbocycles. The summed E-state index contributed by atoms with van der Waals surface area (Å²) >= 11 is 0. The average molecular weight is 204 g/mol. The van der Waals surface area contributed by atoms with Crippen LogP contribution in [0.3, 0.4) is 0 Å². The number of para-hydroxylation sites is 1. The lowest BCUT2D eigenvalue weighted by Gasteiger charge is -2.01. The molecule has 1 heterocycles. The number of fused-ring (bicyclic) bond motifs is 1. The third kappa shape index (κ3) is 1.78. The Morgan fingerprint density at radius 1 is 1.40 bits per heavy atom. The van der Waals surface area contributed by atoms with E-state index in [1.54, 1.807) is 24.3 Å². The molecule has 0 fully saturated rings. The van der Waals surface area contributed by atoms with Crippen LogP contribution >= 0.6 is 0 Å². The third-order valence-electron chi connectivity index (χ3n) is 1.85. The first-order chi connectivity index (χ1) is 7.16. The van der Waals surface area contributed by atoms with Gasteiger partial charge in [0.05, 0.1) is 10.9 Å². The van der Waals surface area contributed by atoms with Gasteiger partial charge < -0.3 is 5.73 Å². The normalized spacial score (nSPS) is 10.1. The van der Waals surface area contributed by atoms with Crippen molar-refractivity contribution in [2.24, 2.45) is 5.73 Å². The second-order valence-electron chi connectivity index (χ2n) is 2.92. The van der Waals surface area contributed by atoms with Crippen LogP contribution in [0.5, 0.6) is 0 Å². The zero-order valence-corrected chi connectivity index (χ0v) is 7.65. The topological polar surface area (TPSA) is 101 Å². The lowest BCUT2D eigenvalue weighted by atomic mass is 10.2. The summed E-state index contributed by atoms with van der Waals surface area (Å²) in [4.78, 5) is 28.5. The molecule has 76 valence electrons. The van der Waals surface area contributed by atoms with E-state index in [1.165, 1.54) is 0 Å². The number of hydrogen-bond donors (Lipinski definition) is 3. The van der Waals surface area contributed by atoms with Gasteiger partial charge in [0.15, 0.2) is 0 Å². The number of H-pyrrole nitrogens is 1. The van der Waals surface area contributed by atoms with E-state index >= 15 is 0 Å². The predicted molar refractivity (Wildman–Crippen MR) is 55.6 cm³/mol. The van der Waals surface area contributed by atoms with Gasteiger partial charge in [0, 0.05) is 0 Å². The van der Waals surface area contributed by atoms with Crippen molar-refractivity contribution in [2.75, 3.05) is 5.32 Å². The quantitative estimate of drug-likeness (QED) is 0.627. The van der Waals surface area contributed by atoms with Gasteiger partial charge in [0.2, 0.25) is 5.95 Å². The van der Waals surface area contributed by atoms with Crippen LogP contribution in [-0.4, -0.2) is 16.0 Å². The van der Waals surface area contributed by atoms with E-state index in [4.69, 9.17) is 5.73 Å². The number of nitrogens with two attached hydrogens (primary N) is 1. The molecular formula is C9H8N4O2. The third-order valence-corrected chi connectivity index (χ3v) is 1.85. The summed E-state index contributed by atoms with van der Waals surface area (Å²) in [5, 5.41) is 2.68. The Kier molecular flexibility index (Phi) is 2.09. The van der Waals surface area contributed by atoms with Crippen LogP contribution in [0.4, 0.5) is 10.7 Å². The van der Waals surface area contributed by atoms with E-state index in [1.807, 2.05) is 0 Å². The van der Waals surface area contributed by atoms with Crippen LogP contribution in [0, 0.1) is 0 Å². The van der Waals surface area contributed by atoms with Crippen molar-refractivity contribution < 1.29 is 4.79 Å². The predicted octanol–water partition coefficient (Wildman–Crippen LogP) is 0.414. The van der Waals surface area contributed by atoms with Crippen LogP contribution < -0.4 is 16.6 Å². The summed E-state index contributed by atoms with van der Waals surface area (Å²) in [5.74, 6) is 0.0474. The summed E-state index contributed by atoms with van der Waals surface area (Å²) in [6.45, 7) is 0. The molecule has 6 nitrogen and oxygen atoms in total. The molecule has 6 heteroatoms. The monoisotopic (exact) mass is 204 g/mol. The van der Waals surface area contributed by atoms with Crippen molar-refractivity contribution in [1.82, 2.24) is 9.97 Å². The summed E-state index contributed by atoms with van der Waals surface area (Å²) < 4.78 is 0. The highest BCUT2D eigenvalue weighted by molar-refractivity contribution is 5.87. The van der Waals surface area contributed by atoms with E-state index < -0.39 is 6.03 Å². The number of aromatic amines is 1. The number of carbonyl (C=O) groups excluding carboxylic acids is 1. The number of urea groups is 1. The van der Waals surface area contributed by atoms with Gasteiger partial charge in [-0.05, 0) is 12.1 Å². The Bertz CT molecular complexity index is 576. The number of benzene rings is 1. The minimum absolute atomic E-state index is 0.0474. The molecule has 0 spiro atoms. The smallest absolute Gasteiger partial charge is 0.318 e. The zero-order valence-electron chi connectivity index (χ0n) is 7.65. The highest BCUT2D eigenvalue weighted by atomic mass is 16.2. The molecule has 0 bridgehead atoms. The van der Waals surface area contributed by atoms with Gasteiger partial charge in [-0.25, -0.2) is 9.78 Å². The molecule has 1 aromatic carbocycles. The number of primary amides is 1. The molecule has 2 aromatic rings. The van der Waals surface area contributed by atoms with Gasteiger partial charge in [0.25, 0.3) is 5.56 Å². The maximum absolute atomic E-state index is 11.5. The number of nitrogens with zero attached hydrogens (tertiary/aromatic N) is 1. The lowest BCUT2D eigenvalue weighted by molar-refractivity contribution is 0.259. The SMILES string of the molecule is NC(=O)Nc1nc2ccccc2c(=O)[nH]1. The Morgan fingerprint density at radius 2 is 2.13 bits per heavy atom. The molecule has 2 amide bonds. The van der Waals surface area contributed by atoms with Gasteiger partial charge in [-0.1, -0.05) is 12.1 Å². The number of amides is 2. The Morgan fingerprint density at radius 3 is 2.87 bits per heavy atom. The first-order valence-electron chi connectivity index (χ1n) is 4.22. The van der Waals surface area contributed by atoms with Crippen LogP contribution in [0.2, 0.25) is 0 Å². The van der Waals surface area contributed by atoms with Crippen molar-refractivity contribution in [2.45, 2.75) is 0 Å². The van der Waals surface area contributed by atoms with Crippen molar-refractivity contribution >= 4 is 22.9 Å². The van der Waals surface area contributed by atoms with E-state index in [9.17, 15) is 9.59 Å². The summed E-state index contributed by atoms with van der Waals surface area (Å²) in [7, 11) is 0. The van der Waals surface area contributed by atoms with Gasteiger partial charge in [0.1, 0.15) is 0 Å². The molecule has 1 aromatic heterocycles. The van der Waals surface area contributed by atoms with Crippen LogP contribution in [0.25, 0.3) is 10.9 Å². The molecule has 0 radical (unpaired) electrons. The summed E-state index contributed by atoms with van der Waals surface area (Å²) in [6.07, 6.45) is 0. The first kappa shape index (κ1) is 9.20. The summed E-state index contributed by atoms with van der Waals surface area (Å²) in [5.41, 5.74) is 5.10. The second-order valence-corrected chi connectivity index (χ2v) is 2.92. The Balaban J connectivity index is 2.62. The van der Waals surface area contributed by atoms with Crippen LogP contribution in [0.1, 0.15) is 0 Å². The molecule has 0 aliphatic rings. The van der Waals surface area contributed by atoms with Crippen molar-refractivity contribution in [3.63, 3.8) is 0 Å². The highest BCUT2D eigenvalue weighted by Gasteiger charge is 2.03. The fourth-order valence-corrected chi connectivity index (χ4v) is 1.26. The number of carbonyl (C=O) groups is 1. The molecule has 4 N–H and O–H groups in total. The maximum atomic E-state index is 11.5. The molecular weight excluding hydrogens is 196 g/mol. The fraction of sp³-hybridized carbons (Fsp3) is 0. The van der Waals surface area contributed by atoms with E-state index in [0.717, 1.165) is 0 Å². The second kappa shape index (κ2) is 3.41. The number of nitrogens with one attached hydrogen (secondary N) is 2. The van der Waals surface area contributed by atoms with E-state index in [-0.39, 0.29) is 11.5 Å². The summed E-state index contributed by atoms with van der Waals surface area (Å²) in [6, 6.07) is 6.04. The van der Waals surface area contributed by atoms with E-state index in [2.05, 4.69) is 15.3 Å². The molecule has 0 aliphatic heterocycles. The van der Waals surface area contributed by atoms with Crippen LogP contribution in [-0.2, 0) is 0 Å². The molecule has 2 rings (SSSR count). The molecule has 0 saturated carbocycles. The zero-order chi connectivity index (χ0) is 10.8. The number of rotatable bonds is 1. The minimum Gasteiger partial charge on any atom is -0.351 e. The standard InChI is InChI=1S/C9H8N4O2/c10-8(15)13-9-11-6-4-2-1-3-5(6)7(14)12-9/h1-4H,(H4,10,11,12,13,14,15). The van der Waals surface area contributed by atoms with Crippen molar-refractivity contribution in [3.05, 3.63) is 34.6 Å². The van der Waals surface area contributed by atoms with Crippen LogP contribution in [0.15, 0.2) is 29.1 Å². The number of anilines is 1. The van der Waals surface area contributed by atoms with Gasteiger partial charge >= 0.3 is 6.03 Å². The highest BCUT2D eigenvalue weighted by Crippen LogP contribution is 2.07. The van der Waals surface area contributed by atoms with Gasteiger partial charge in [-0.15, -0.1) is 0 Å². The lowest BCUT2D eigenvalue weighted by Crippen LogP contribution is -2.23. The molecule has 0 atom stereocenters. The molecule has 0 unspecified atom stereocenters. The fourth-order valence-electron chi connectivity index (χ4n) is 1.26. The Labute approximate surface area is 84.1 Å². The average Bonchev–Trinajstić information content (AvgIpc) is 2.16. The Hall–Kier alpha value is -2.37. The van der Waals surface area contributed by atoms with Gasteiger partial charge in [-0.3, -0.25) is 15.1 Å². The molecule has 0 saturated heterocycles. The first-order valence-corrected chi connectivity index (χ1v) is 4.22.